The van der Waals surface area contributed by atoms with Crippen LogP contribution in [-0.4, -0.2) is 10.9 Å². The Labute approximate surface area is 146 Å². The van der Waals surface area contributed by atoms with Crippen molar-refractivity contribution < 1.29 is 4.79 Å². The summed E-state index contributed by atoms with van der Waals surface area (Å²) in [6.07, 6.45) is 1.63. The van der Waals surface area contributed by atoms with Gasteiger partial charge in [-0.3, -0.25) is 9.78 Å². The Morgan fingerprint density at radius 2 is 1.75 bits per heavy atom. The molecule has 0 aliphatic heterocycles. The van der Waals surface area contributed by atoms with Crippen molar-refractivity contribution in [1.82, 2.24) is 10.3 Å². The molecule has 0 radical (unpaired) electrons. The summed E-state index contributed by atoms with van der Waals surface area (Å²) in [7, 11) is 0. The van der Waals surface area contributed by atoms with Crippen molar-refractivity contribution in [1.29, 1.82) is 0 Å². The van der Waals surface area contributed by atoms with Crippen LogP contribution in [0.5, 0.6) is 0 Å². The fraction of sp³-hybridized carbons (Fsp3) is 0.200. The molecule has 0 spiro atoms. The molecule has 1 N–H and O–H groups in total. The number of nitrogens with one attached hydrogen (secondary N) is 1. The normalized spacial score (nSPS) is 12.1. The number of amides is 1. The molecule has 3 rings (SSSR count). The smallest absolute Gasteiger partial charge is 0.270 e. The number of carbonyl (C=O) groups excluding carboxylic acids is 1. The molecule has 1 amide bonds. The average Bonchev–Trinajstić information content (AvgIpc) is 3.14. The number of hydrogen-bond donors (Lipinski definition) is 1. The van der Waals surface area contributed by atoms with E-state index in [0.717, 1.165) is 10.4 Å². The summed E-state index contributed by atoms with van der Waals surface area (Å²) in [6.45, 7) is 4.35. The minimum absolute atomic E-state index is 0.165. The zero-order chi connectivity index (χ0) is 16.9. The van der Waals surface area contributed by atoms with Gasteiger partial charge < -0.3 is 5.32 Å². The minimum Gasteiger partial charge on any atom is -0.339 e. The molecule has 0 bridgehead atoms. The summed E-state index contributed by atoms with van der Waals surface area (Å²) < 4.78 is 0. The predicted octanol–water partition coefficient (Wildman–Crippen LogP) is 4.79. The number of thiophene rings is 1. The van der Waals surface area contributed by atoms with Crippen molar-refractivity contribution in [3.63, 3.8) is 0 Å². The van der Waals surface area contributed by atoms with E-state index in [1.165, 1.54) is 5.56 Å². The third-order valence-electron chi connectivity index (χ3n) is 3.94. The van der Waals surface area contributed by atoms with E-state index in [-0.39, 0.29) is 11.9 Å². The molecule has 2 aromatic heterocycles. The molecule has 122 valence electrons. The molecule has 0 aliphatic carbocycles. The van der Waals surface area contributed by atoms with Crippen LogP contribution in [0.25, 0.3) is 0 Å². The highest BCUT2D eigenvalue weighted by Gasteiger charge is 2.19. The topological polar surface area (TPSA) is 42.0 Å². The standard InChI is InChI=1S/C20H20N2OS/c1-14(2)15-8-10-16(11-9-15)19(18-7-5-13-24-18)22-20(23)17-6-3-4-12-21-17/h3-14,19H,1-2H3,(H,22,23). The highest BCUT2D eigenvalue weighted by atomic mass is 32.1. The van der Waals surface area contributed by atoms with E-state index in [9.17, 15) is 4.79 Å². The summed E-state index contributed by atoms with van der Waals surface area (Å²) in [5, 5.41) is 5.14. The molecule has 0 saturated heterocycles. The molecule has 2 heterocycles. The van der Waals surface area contributed by atoms with Crippen LogP contribution in [0.1, 0.15) is 52.3 Å². The summed E-state index contributed by atoms with van der Waals surface area (Å²) in [5.41, 5.74) is 2.80. The lowest BCUT2D eigenvalue weighted by molar-refractivity contribution is 0.0938. The quantitative estimate of drug-likeness (QED) is 0.728. The van der Waals surface area contributed by atoms with Crippen LogP contribution in [0, 0.1) is 0 Å². The SMILES string of the molecule is CC(C)c1ccc(C(NC(=O)c2ccccn2)c2cccs2)cc1. The number of nitrogens with zero attached hydrogens (tertiary/aromatic N) is 1. The molecule has 0 aliphatic rings. The van der Waals surface area contributed by atoms with Crippen LogP contribution in [0.2, 0.25) is 0 Å². The number of aromatic nitrogens is 1. The second kappa shape index (κ2) is 7.41. The van der Waals surface area contributed by atoms with Crippen molar-refractivity contribution in [3.05, 3.63) is 87.9 Å². The first-order valence-corrected chi connectivity index (χ1v) is 8.88. The number of benzene rings is 1. The lowest BCUT2D eigenvalue weighted by atomic mass is 9.98. The number of rotatable bonds is 5. The van der Waals surface area contributed by atoms with Crippen LogP contribution in [0.3, 0.4) is 0 Å². The minimum atomic E-state index is -0.166. The van der Waals surface area contributed by atoms with E-state index in [2.05, 4.69) is 48.4 Å². The second-order valence-electron chi connectivity index (χ2n) is 5.96. The van der Waals surface area contributed by atoms with E-state index in [1.807, 2.05) is 23.6 Å². The van der Waals surface area contributed by atoms with Gasteiger partial charge in [0.1, 0.15) is 5.69 Å². The van der Waals surface area contributed by atoms with Crippen molar-refractivity contribution >= 4 is 17.2 Å². The van der Waals surface area contributed by atoms with Crippen molar-refractivity contribution in [2.75, 3.05) is 0 Å². The van der Waals surface area contributed by atoms with Crippen molar-refractivity contribution in [2.45, 2.75) is 25.8 Å². The molecular weight excluding hydrogens is 316 g/mol. The Kier molecular flexibility index (Phi) is 5.06. The highest BCUT2D eigenvalue weighted by Crippen LogP contribution is 2.27. The van der Waals surface area contributed by atoms with E-state index in [0.29, 0.717) is 11.6 Å². The summed E-state index contributed by atoms with van der Waals surface area (Å²) >= 11 is 1.64. The first kappa shape index (κ1) is 16.4. The maximum absolute atomic E-state index is 12.5. The molecular formula is C20H20N2OS. The van der Waals surface area contributed by atoms with Gasteiger partial charge in [-0.2, -0.15) is 0 Å². The van der Waals surface area contributed by atoms with Crippen LogP contribution in [0.4, 0.5) is 0 Å². The molecule has 3 nitrogen and oxygen atoms in total. The van der Waals surface area contributed by atoms with Gasteiger partial charge in [-0.15, -0.1) is 11.3 Å². The lowest BCUT2D eigenvalue weighted by Gasteiger charge is -2.19. The molecule has 1 unspecified atom stereocenters. The zero-order valence-electron chi connectivity index (χ0n) is 13.8. The van der Waals surface area contributed by atoms with Gasteiger partial charge in [-0.1, -0.05) is 50.2 Å². The van der Waals surface area contributed by atoms with Gasteiger partial charge in [0.05, 0.1) is 6.04 Å². The first-order chi connectivity index (χ1) is 11.6. The Balaban J connectivity index is 1.88. The average molecular weight is 336 g/mol. The van der Waals surface area contributed by atoms with Gasteiger partial charge >= 0.3 is 0 Å². The van der Waals surface area contributed by atoms with Crippen LogP contribution in [-0.2, 0) is 0 Å². The Morgan fingerprint density at radius 3 is 2.33 bits per heavy atom. The number of carbonyl (C=O) groups is 1. The third kappa shape index (κ3) is 3.71. The van der Waals surface area contributed by atoms with Gasteiger partial charge in [-0.25, -0.2) is 0 Å². The van der Waals surface area contributed by atoms with Gasteiger partial charge in [0.15, 0.2) is 0 Å². The fourth-order valence-electron chi connectivity index (χ4n) is 2.55. The lowest BCUT2D eigenvalue weighted by Crippen LogP contribution is -2.29. The molecule has 3 aromatic rings. The van der Waals surface area contributed by atoms with Crippen LogP contribution >= 0.6 is 11.3 Å². The Morgan fingerprint density at radius 1 is 1.00 bits per heavy atom. The number of pyridine rings is 1. The van der Waals surface area contributed by atoms with E-state index >= 15 is 0 Å². The monoisotopic (exact) mass is 336 g/mol. The largest absolute Gasteiger partial charge is 0.339 e. The Bertz CT molecular complexity index is 780. The second-order valence-corrected chi connectivity index (χ2v) is 6.94. The molecule has 0 saturated carbocycles. The van der Waals surface area contributed by atoms with E-state index in [1.54, 1.807) is 29.7 Å². The first-order valence-electron chi connectivity index (χ1n) is 8.00. The summed E-state index contributed by atoms with van der Waals surface area (Å²) in [4.78, 5) is 17.8. The fourth-order valence-corrected chi connectivity index (χ4v) is 3.35. The third-order valence-corrected chi connectivity index (χ3v) is 4.87. The van der Waals surface area contributed by atoms with E-state index < -0.39 is 0 Å². The molecule has 0 fully saturated rings. The van der Waals surface area contributed by atoms with Crippen molar-refractivity contribution in [3.8, 4) is 0 Å². The highest BCUT2D eigenvalue weighted by molar-refractivity contribution is 7.10. The van der Waals surface area contributed by atoms with Crippen LogP contribution in [0.15, 0.2) is 66.2 Å². The van der Waals surface area contributed by atoms with Gasteiger partial charge in [0, 0.05) is 11.1 Å². The van der Waals surface area contributed by atoms with Gasteiger partial charge in [0.2, 0.25) is 0 Å². The van der Waals surface area contributed by atoms with E-state index in [4.69, 9.17) is 0 Å². The maximum Gasteiger partial charge on any atom is 0.270 e. The molecule has 24 heavy (non-hydrogen) atoms. The predicted molar refractivity (Wildman–Crippen MR) is 98.4 cm³/mol. The Hall–Kier alpha value is -2.46. The maximum atomic E-state index is 12.5. The van der Waals surface area contributed by atoms with Gasteiger partial charge in [-0.05, 0) is 40.6 Å². The molecule has 1 aromatic carbocycles. The molecule has 4 heteroatoms. The summed E-state index contributed by atoms with van der Waals surface area (Å²) in [5.74, 6) is 0.323. The zero-order valence-corrected chi connectivity index (χ0v) is 14.6. The van der Waals surface area contributed by atoms with Crippen LogP contribution < -0.4 is 5.32 Å². The van der Waals surface area contributed by atoms with Gasteiger partial charge in [0.25, 0.3) is 5.91 Å². The molecule has 1 atom stereocenters. The van der Waals surface area contributed by atoms with Crippen molar-refractivity contribution in [2.24, 2.45) is 0 Å². The number of hydrogen-bond acceptors (Lipinski definition) is 3. The summed E-state index contributed by atoms with van der Waals surface area (Å²) in [6, 6.07) is 17.7.